The predicted molar refractivity (Wildman–Crippen MR) is 156 cm³/mol. The van der Waals surface area contributed by atoms with Gasteiger partial charge in [-0.3, -0.25) is 14.8 Å². The van der Waals surface area contributed by atoms with Gasteiger partial charge in [-0.15, -0.1) is 0 Å². The topological polar surface area (TPSA) is 87.5 Å². The maximum atomic E-state index is 13.9. The summed E-state index contributed by atoms with van der Waals surface area (Å²) in [4.78, 5) is 9.09. The lowest BCUT2D eigenvalue weighted by atomic mass is 9.74. The Hall–Kier alpha value is -2.96. The molecule has 43 heavy (non-hydrogen) atoms. The van der Waals surface area contributed by atoms with Crippen LogP contribution in [-0.4, -0.2) is 91.3 Å². The highest BCUT2D eigenvalue weighted by atomic mass is 19.1. The first-order valence-electron chi connectivity index (χ1n) is 14.8. The number of nitrogens with zero attached hydrogens (tertiary/aromatic N) is 3. The standard InChI is InChI=1S/C32H40F3N3O5/c1-41-24-2-3-28-25(18-24)30(22(19-36-28)20-38-10-13-42-14-11-38)29(40)4-5-32(21-39)6-8-37(9-7-32)12-15-43-31-26(34)16-23(33)17-27(31)35/h2-3,16-19,29,39-40H,4-15,20-21H2,1H3. The summed E-state index contributed by atoms with van der Waals surface area (Å²) in [6.07, 6.45) is 3.62. The number of hydrogen-bond acceptors (Lipinski definition) is 8. The van der Waals surface area contributed by atoms with Crippen molar-refractivity contribution in [3.05, 3.63) is 65.1 Å². The van der Waals surface area contributed by atoms with E-state index in [1.54, 1.807) is 7.11 Å². The molecular weight excluding hydrogens is 563 g/mol. The smallest absolute Gasteiger partial charge is 0.190 e. The summed E-state index contributed by atoms with van der Waals surface area (Å²) in [5.74, 6) is -3.01. The van der Waals surface area contributed by atoms with Crippen LogP contribution in [0, 0.1) is 22.9 Å². The molecule has 5 rings (SSSR count). The molecule has 2 aliphatic heterocycles. The first-order chi connectivity index (χ1) is 20.8. The molecule has 234 valence electrons. The van der Waals surface area contributed by atoms with Crippen LogP contribution in [0.15, 0.2) is 36.5 Å². The van der Waals surface area contributed by atoms with E-state index in [1.165, 1.54) is 0 Å². The van der Waals surface area contributed by atoms with Gasteiger partial charge in [-0.05, 0) is 73.5 Å². The number of ether oxygens (including phenoxy) is 3. The largest absolute Gasteiger partial charge is 0.497 e. The molecule has 2 saturated heterocycles. The van der Waals surface area contributed by atoms with Gasteiger partial charge in [0.2, 0.25) is 0 Å². The lowest BCUT2D eigenvalue weighted by Crippen LogP contribution is -2.43. The Bertz CT molecular complexity index is 1360. The van der Waals surface area contributed by atoms with Crippen LogP contribution in [0.5, 0.6) is 11.5 Å². The molecule has 0 bridgehead atoms. The third kappa shape index (κ3) is 7.58. The molecule has 0 spiro atoms. The van der Waals surface area contributed by atoms with E-state index in [2.05, 4.69) is 14.8 Å². The molecule has 3 heterocycles. The van der Waals surface area contributed by atoms with Crippen LogP contribution in [-0.2, 0) is 11.3 Å². The maximum absolute atomic E-state index is 13.9. The van der Waals surface area contributed by atoms with Crippen molar-refractivity contribution < 1.29 is 37.6 Å². The zero-order valence-electron chi connectivity index (χ0n) is 24.5. The highest BCUT2D eigenvalue weighted by Crippen LogP contribution is 2.40. The number of morpholine rings is 1. The number of likely N-dealkylation sites (tertiary alicyclic amines) is 1. The molecule has 11 heteroatoms. The van der Waals surface area contributed by atoms with Crippen LogP contribution in [0.1, 0.15) is 42.9 Å². The molecule has 2 aliphatic rings. The minimum Gasteiger partial charge on any atom is -0.497 e. The van der Waals surface area contributed by atoms with Gasteiger partial charge in [0.15, 0.2) is 17.4 Å². The molecule has 0 saturated carbocycles. The Morgan fingerprint density at radius 1 is 1.02 bits per heavy atom. The molecule has 0 amide bonds. The van der Waals surface area contributed by atoms with Crippen molar-refractivity contribution in [2.24, 2.45) is 5.41 Å². The zero-order chi connectivity index (χ0) is 30.4. The fraction of sp³-hybridized carbons (Fsp3) is 0.531. The number of pyridine rings is 1. The van der Waals surface area contributed by atoms with Crippen molar-refractivity contribution >= 4 is 10.9 Å². The van der Waals surface area contributed by atoms with Crippen LogP contribution < -0.4 is 9.47 Å². The van der Waals surface area contributed by atoms with Crippen molar-refractivity contribution in [1.29, 1.82) is 0 Å². The minimum atomic E-state index is -1.07. The Kier molecular flexibility index (Phi) is 10.4. The summed E-state index contributed by atoms with van der Waals surface area (Å²) >= 11 is 0. The van der Waals surface area contributed by atoms with E-state index in [0.29, 0.717) is 83.0 Å². The minimum absolute atomic E-state index is 0.00160. The highest BCUT2D eigenvalue weighted by Gasteiger charge is 2.35. The van der Waals surface area contributed by atoms with E-state index >= 15 is 0 Å². The molecular formula is C32H40F3N3O5. The third-order valence-corrected chi connectivity index (χ3v) is 8.85. The van der Waals surface area contributed by atoms with Crippen molar-refractivity contribution in [2.45, 2.75) is 38.3 Å². The van der Waals surface area contributed by atoms with Gasteiger partial charge in [0.05, 0.1) is 31.9 Å². The average Bonchev–Trinajstić information content (AvgIpc) is 3.02. The van der Waals surface area contributed by atoms with E-state index < -0.39 is 29.3 Å². The highest BCUT2D eigenvalue weighted by molar-refractivity contribution is 5.85. The monoisotopic (exact) mass is 603 g/mol. The number of halogens is 3. The van der Waals surface area contributed by atoms with Gasteiger partial charge < -0.3 is 24.4 Å². The molecule has 2 fully saturated rings. The molecule has 1 aromatic heterocycles. The Morgan fingerprint density at radius 2 is 1.74 bits per heavy atom. The van der Waals surface area contributed by atoms with Gasteiger partial charge >= 0.3 is 0 Å². The molecule has 2 aromatic carbocycles. The fourth-order valence-corrected chi connectivity index (χ4v) is 6.15. The van der Waals surface area contributed by atoms with Gasteiger partial charge in [0.25, 0.3) is 0 Å². The summed E-state index contributed by atoms with van der Waals surface area (Å²) in [5, 5.41) is 23.0. The number of rotatable bonds is 12. The van der Waals surface area contributed by atoms with Crippen LogP contribution in [0.25, 0.3) is 10.9 Å². The molecule has 0 radical (unpaired) electrons. The third-order valence-electron chi connectivity index (χ3n) is 8.85. The second kappa shape index (κ2) is 14.2. The van der Waals surface area contributed by atoms with Crippen LogP contribution in [0.3, 0.4) is 0 Å². The summed E-state index contributed by atoms with van der Waals surface area (Å²) in [7, 11) is 1.62. The lowest BCUT2D eigenvalue weighted by molar-refractivity contribution is 0.0197. The molecule has 1 unspecified atom stereocenters. The SMILES string of the molecule is COc1ccc2ncc(CN3CCOCC3)c(C(O)CCC3(CO)CCN(CCOc4c(F)cc(F)cc4F)CC3)c2c1. The maximum Gasteiger partial charge on any atom is 0.190 e. The summed E-state index contributed by atoms with van der Waals surface area (Å²) < 4.78 is 57.2. The second-order valence-corrected chi connectivity index (χ2v) is 11.6. The number of aliphatic hydroxyl groups is 2. The first-order valence-corrected chi connectivity index (χ1v) is 14.8. The number of hydrogen-bond donors (Lipinski definition) is 2. The summed E-state index contributed by atoms with van der Waals surface area (Å²) in [5.41, 5.74) is 2.25. The average molecular weight is 604 g/mol. The second-order valence-electron chi connectivity index (χ2n) is 11.6. The van der Waals surface area contributed by atoms with Crippen LogP contribution >= 0.6 is 0 Å². The zero-order valence-corrected chi connectivity index (χ0v) is 24.5. The molecule has 1 atom stereocenters. The van der Waals surface area contributed by atoms with Crippen molar-refractivity contribution in [1.82, 2.24) is 14.8 Å². The number of aliphatic hydroxyl groups excluding tert-OH is 2. The summed E-state index contributed by atoms with van der Waals surface area (Å²) in [6.45, 7) is 5.47. The molecule has 0 aliphatic carbocycles. The van der Waals surface area contributed by atoms with Crippen LogP contribution in [0.4, 0.5) is 13.2 Å². The van der Waals surface area contributed by atoms with E-state index in [-0.39, 0.29) is 18.6 Å². The van der Waals surface area contributed by atoms with E-state index in [1.807, 2.05) is 24.4 Å². The van der Waals surface area contributed by atoms with Crippen molar-refractivity contribution in [3.8, 4) is 11.5 Å². The molecule has 3 aromatic rings. The van der Waals surface area contributed by atoms with E-state index in [9.17, 15) is 23.4 Å². The number of methoxy groups -OCH3 is 1. The Labute approximate surface area is 250 Å². The van der Waals surface area contributed by atoms with Gasteiger partial charge in [-0.1, -0.05) is 0 Å². The molecule has 8 nitrogen and oxygen atoms in total. The quantitative estimate of drug-likeness (QED) is 0.314. The number of benzene rings is 2. The number of fused-ring (bicyclic) bond motifs is 1. The van der Waals surface area contributed by atoms with Gasteiger partial charge in [-0.25, -0.2) is 13.2 Å². The van der Waals surface area contributed by atoms with Gasteiger partial charge in [0, 0.05) is 56.5 Å². The summed E-state index contributed by atoms with van der Waals surface area (Å²) in [6, 6.07) is 6.88. The first kappa shape index (κ1) is 31.5. The Balaban J connectivity index is 1.22. The van der Waals surface area contributed by atoms with Crippen LogP contribution in [0.2, 0.25) is 0 Å². The number of piperidine rings is 1. The number of aromatic nitrogens is 1. The Morgan fingerprint density at radius 3 is 2.42 bits per heavy atom. The van der Waals surface area contributed by atoms with E-state index in [4.69, 9.17) is 14.2 Å². The lowest BCUT2D eigenvalue weighted by Gasteiger charge is -2.41. The van der Waals surface area contributed by atoms with E-state index in [0.717, 1.165) is 35.1 Å². The van der Waals surface area contributed by atoms with Crippen molar-refractivity contribution in [2.75, 3.05) is 66.3 Å². The molecule has 2 N–H and O–H groups in total. The normalized spacial score (nSPS) is 18.6. The van der Waals surface area contributed by atoms with Gasteiger partial charge in [0.1, 0.15) is 18.2 Å². The predicted octanol–water partition coefficient (Wildman–Crippen LogP) is 4.46. The van der Waals surface area contributed by atoms with Crippen molar-refractivity contribution in [3.63, 3.8) is 0 Å². The van der Waals surface area contributed by atoms with Gasteiger partial charge in [-0.2, -0.15) is 0 Å². The fourth-order valence-electron chi connectivity index (χ4n) is 6.15.